The lowest BCUT2D eigenvalue weighted by Gasteiger charge is -2.29. The minimum atomic E-state index is 0.366. The van der Waals surface area contributed by atoms with E-state index in [2.05, 4.69) is 28.5 Å². The van der Waals surface area contributed by atoms with Crippen LogP contribution in [-0.4, -0.2) is 23.6 Å². The number of hydrogen-bond donors (Lipinski definition) is 1. The molecule has 30 heavy (non-hydrogen) atoms. The summed E-state index contributed by atoms with van der Waals surface area (Å²) in [6.07, 6.45) is 0.780. The number of aromatic nitrogens is 2. The van der Waals surface area contributed by atoms with Crippen LogP contribution in [0.3, 0.4) is 0 Å². The first kappa shape index (κ1) is 19.0. The SMILES string of the molecule is COCc1nc(N2CCc3c(sc(N)c3C#N)C2)c2c(-c3ccccc3)csc2n1. The van der Waals surface area contributed by atoms with E-state index in [0.29, 0.717) is 29.5 Å². The molecule has 8 heteroatoms. The Labute approximate surface area is 182 Å². The zero-order chi connectivity index (χ0) is 20.7. The van der Waals surface area contributed by atoms with Crippen LogP contribution in [0.15, 0.2) is 35.7 Å². The fourth-order valence-corrected chi connectivity index (χ4v) is 5.99. The number of hydrogen-bond acceptors (Lipinski definition) is 8. The van der Waals surface area contributed by atoms with Crippen molar-refractivity contribution in [1.82, 2.24) is 9.97 Å². The van der Waals surface area contributed by atoms with Crippen LogP contribution in [0.5, 0.6) is 0 Å². The number of anilines is 2. The summed E-state index contributed by atoms with van der Waals surface area (Å²) in [5.74, 6) is 1.60. The summed E-state index contributed by atoms with van der Waals surface area (Å²) in [7, 11) is 1.65. The molecule has 4 aromatic rings. The average Bonchev–Trinajstić information content (AvgIpc) is 3.33. The first-order chi connectivity index (χ1) is 14.7. The van der Waals surface area contributed by atoms with Crippen LogP contribution in [0.2, 0.25) is 0 Å². The zero-order valence-electron chi connectivity index (χ0n) is 16.4. The smallest absolute Gasteiger partial charge is 0.158 e. The Balaban J connectivity index is 1.65. The summed E-state index contributed by atoms with van der Waals surface area (Å²) in [5.41, 5.74) is 10.1. The fourth-order valence-electron chi connectivity index (χ4n) is 3.95. The number of rotatable bonds is 4. The maximum absolute atomic E-state index is 9.45. The highest BCUT2D eigenvalue weighted by atomic mass is 32.1. The molecule has 0 bridgehead atoms. The summed E-state index contributed by atoms with van der Waals surface area (Å²) in [4.78, 5) is 14.0. The first-order valence-electron chi connectivity index (χ1n) is 9.57. The van der Waals surface area contributed by atoms with Gasteiger partial charge in [-0.15, -0.1) is 22.7 Å². The van der Waals surface area contributed by atoms with E-state index in [0.717, 1.165) is 50.6 Å². The van der Waals surface area contributed by atoms with E-state index in [1.807, 2.05) is 18.2 Å². The second-order valence-corrected chi connectivity index (χ2v) is 9.11. The van der Waals surface area contributed by atoms with E-state index in [1.54, 1.807) is 18.4 Å². The predicted octanol–water partition coefficient (Wildman–Crippen LogP) is 4.58. The Hall–Kier alpha value is -2.99. The number of benzene rings is 1. The Morgan fingerprint density at radius 2 is 2.10 bits per heavy atom. The molecular weight excluding hydrogens is 414 g/mol. The number of ether oxygens (including phenoxy) is 1. The van der Waals surface area contributed by atoms with Crippen LogP contribution in [0.1, 0.15) is 21.8 Å². The molecule has 0 aliphatic carbocycles. The molecule has 0 fully saturated rings. The molecule has 3 aromatic heterocycles. The molecule has 4 heterocycles. The van der Waals surface area contributed by atoms with Crippen molar-refractivity contribution in [2.45, 2.75) is 19.6 Å². The fraction of sp³-hybridized carbons (Fsp3) is 0.227. The number of thiophene rings is 2. The summed E-state index contributed by atoms with van der Waals surface area (Å²) < 4.78 is 5.31. The highest BCUT2D eigenvalue weighted by Crippen LogP contribution is 2.41. The van der Waals surface area contributed by atoms with Crippen molar-refractivity contribution in [3.05, 3.63) is 57.5 Å². The van der Waals surface area contributed by atoms with Gasteiger partial charge in [0.2, 0.25) is 0 Å². The Morgan fingerprint density at radius 3 is 2.87 bits per heavy atom. The van der Waals surface area contributed by atoms with E-state index in [1.165, 1.54) is 11.3 Å². The molecule has 6 nitrogen and oxygen atoms in total. The molecule has 0 radical (unpaired) electrons. The van der Waals surface area contributed by atoms with Gasteiger partial charge in [-0.2, -0.15) is 5.26 Å². The summed E-state index contributed by atoms with van der Waals surface area (Å²) in [6, 6.07) is 12.6. The second kappa shape index (κ2) is 7.69. The third kappa shape index (κ3) is 3.12. The third-order valence-electron chi connectivity index (χ3n) is 5.31. The van der Waals surface area contributed by atoms with Gasteiger partial charge in [0, 0.05) is 29.5 Å². The highest BCUT2D eigenvalue weighted by molar-refractivity contribution is 7.17. The maximum Gasteiger partial charge on any atom is 0.158 e. The lowest BCUT2D eigenvalue weighted by atomic mass is 10.0. The van der Waals surface area contributed by atoms with E-state index in [9.17, 15) is 5.26 Å². The van der Waals surface area contributed by atoms with Crippen LogP contribution < -0.4 is 10.6 Å². The molecule has 1 aliphatic heterocycles. The van der Waals surface area contributed by atoms with Crippen molar-refractivity contribution in [1.29, 1.82) is 5.26 Å². The minimum absolute atomic E-state index is 0.366. The monoisotopic (exact) mass is 433 g/mol. The number of methoxy groups -OCH3 is 1. The molecular formula is C22H19N5OS2. The van der Waals surface area contributed by atoms with Gasteiger partial charge in [0.25, 0.3) is 0 Å². The number of nitrogens with zero attached hydrogens (tertiary/aromatic N) is 4. The van der Waals surface area contributed by atoms with Gasteiger partial charge in [-0.3, -0.25) is 0 Å². The molecule has 0 unspecified atom stereocenters. The van der Waals surface area contributed by atoms with Gasteiger partial charge in [-0.25, -0.2) is 9.97 Å². The molecule has 5 rings (SSSR count). The van der Waals surface area contributed by atoms with E-state index in [-0.39, 0.29) is 0 Å². The van der Waals surface area contributed by atoms with Crippen molar-refractivity contribution >= 4 is 43.7 Å². The van der Waals surface area contributed by atoms with Gasteiger partial charge in [0.1, 0.15) is 28.3 Å². The van der Waals surface area contributed by atoms with Gasteiger partial charge in [-0.1, -0.05) is 30.3 Å². The van der Waals surface area contributed by atoms with Crippen LogP contribution in [-0.2, 0) is 24.3 Å². The highest BCUT2D eigenvalue weighted by Gasteiger charge is 2.27. The van der Waals surface area contributed by atoms with Crippen molar-refractivity contribution < 1.29 is 4.74 Å². The molecule has 0 saturated heterocycles. The number of nitrogens with two attached hydrogens (primary N) is 1. The summed E-state index contributed by atoms with van der Waals surface area (Å²) in [6.45, 7) is 1.83. The van der Waals surface area contributed by atoms with E-state index in [4.69, 9.17) is 20.4 Å². The average molecular weight is 434 g/mol. The predicted molar refractivity (Wildman–Crippen MR) is 122 cm³/mol. The van der Waals surface area contributed by atoms with Gasteiger partial charge in [0.15, 0.2) is 5.82 Å². The standard InChI is InChI=1S/C22H19N5OS2/c1-28-11-18-25-21(27-8-7-14-15(9-23)20(24)30-17(14)10-27)19-16(12-29-22(19)26-18)13-5-3-2-4-6-13/h2-6,12H,7-8,10-11,24H2,1H3. The van der Waals surface area contributed by atoms with Crippen LogP contribution in [0, 0.1) is 11.3 Å². The van der Waals surface area contributed by atoms with Gasteiger partial charge >= 0.3 is 0 Å². The minimum Gasteiger partial charge on any atom is -0.389 e. The normalized spacial score (nSPS) is 13.4. The zero-order valence-corrected chi connectivity index (χ0v) is 18.0. The lowest BCUT2D eigenvalue weighted by molar-refractivity contribution is 0.178. The first-order valence-corrected chi connectivity index (χ1v) is 11.3. The number of nitriles is 1. The molecule has 2 N–H and O–H groups in total. The van der Waals surface area contributed by atoms with Crippen LogP contribution >= 0.6 is 22.7 Å². The van der Waals surface area contributed by atoms with E-state index >= 15 is 0 Å². The molecule has 1 aliphatic rings. The van der Waals surface area contributed by atoms with Crippen molar-refractivity contribution in [3.63, 3.8) is 0 Å². The molecule has 150 valence electrons. The lowest BCUT2D eigenvalue weighted by Crippen LogP contribution is -2.31. The molecule has 0 saturated carbocycles. The van der Waals surface area contributed by atoms with E-state index < -0.39 is 0 Å². The van der Waals surface area contributed by atoms with Gasteiger partial charge in [-0.05, 0) is 17.5 Å². The van der Waals surface area contributed by atoms with Crippen LogP contribution in [0.4, 0.5) is 10.8 Å². The summed E-state index contributed by atoms with van der Waals surface area (Å²) >= 11 is 3.14. The second-order valence-electron chi connectivity index (χ2n) is 7.12. The third-order valence-corrected chi connectivity index (χ3v) is 7.23. The largest absolute Gasteiger partial charge is 0.389 e. The van der Waals surface area contributed by atoms with Crippen molar-refractivity contribution in [3.8, 4) is 17.2 Å². The summed E-state index contributed by atoms with van der Waals surface area (Å²) in [5, 5.41) is 13.3. The van der Waals surface area contributed by atoms with Crippen LogP contribution in [0.25, 0.3) is 21.3 Å². The number of nitrogen functional groups attached to an aromatic ring is 1. The maximum atomic E-state index is 9.45. The molecule has 1 aromatic carbocycles. The topological polar surface area (TPSA) is 88.1 Å². The quantitative estimate of drug-likeness (QED) is 0.507. The van der Waals surface area contributed by atoms with Crippen molar-refractivity contribution in [2.24, 2.45) is 0 Å². The molecule has 0 spiro atoms. The van der Waals surface area contributed by atoms with Gasteiger partial charge < -0.3 is 15.4 Å². The number of fused-ring (bicyclic) bond motifs is 2. The Bertz CT molecular complexity index is 1270. The Morgan fingerprint density at radius 1 is 1.27 bits per heavy atom. The molecule has 0 amide bonds. The van der Waals surface area contributed by atoms with Gasteiger partial charge in [0.05, 0.1) is 17.5 Å². The molecule has 0 atom stereocenters. The van der Waals surface area contributed by atoms with Crippen molar-refractivity contribution in [2.75, 3.05) is 24.3 Å². The Kier molecular flexibility index (Phi) is 4.87.